The van der Waals surface area contributed by atoms with E-state index in [2.05, 4.69) is 9.47 Å². The number of alkyl halides is 3. The minimum atomic E-state index is -4.61. The molecule has 0 amide bonds. The third kappa shape index (κ3) is 9.29. The van der Waals surface area contributed by atoms with E-state index in [1.807, 2.05) is 0 Å². The fourth-order valence-electron chi connectivity index (χ4n) is 0.690. The molecule has 0 unspecified atom stereocenters. The molecule has 0 aromatic rings. The number of hydrogen-bond donors (Lipinski definition) is 0. The first kappa shape index (κ1) is 12.4. The van der Waals surface area contributed by atoms with Gasteiger partial charge in [0.15, 0.2) is 5.78 Å². The SMILES string of the molecule is COCC(=O)CCCOC(F)(F)F. The van der Waals surface area contributed by atoms with Gasteiger partial charge < -0.3 is 4.74 Å². The lowest BCUT2D eigenvalue weighted by molar-refractivity contribution is -0.324. The zero-order valence-electron chi connectivity index (χ0n) is 7.19. The number of Topliss-reactive ketones (excluding diaryl/α,β-unsaturated/α-hetero) is 1. The topological polar surface area (TPSA) is 35.5 Å². The Morgan fingerprint density at radius 1 is 1.38 bits per heavy atom. The largest absolute Gasteiger partial charge is 0.522 e. The van der Waals surface area contributed by atoms with Crippen molar-refractivity contribution in [3.05, 3.63) is 0 Å². The van der Waals surface area contributed by atoms with Crippen LogP contribution >= 0.6 is 0 Å². The molecule has 0 bridgehead atoms. The van der Waals surface area contributed by atoms with Crippen LogP contribution in [0.4, 0.5) is 13.2 Å². The average molecular weight is 200 g/mol. The maximum absolute atomic E-state index is 11.4. The number of halogens is 3. The summed E-state index contributed by atoms with van der Waals surface area (Å²) < 4.78 is 42.1. The molecule has 0 fully saturated rings. The zero-order chi connectivity index (χ0) is 10.3. The van der Waals surface area contributed by atoms with Gasteiger partial charge in [0.25, 0.3) is 0 Å². The Hall–Kier alpha value is -0.620. The van der Waals surface area contributed by atoms with Crippen molar-refractivity contribution in [3.8, 4) is 0 Å². The third-order valence-electron chi connectivity index (χ3n) is 1.17. The number of methoxy groups -OCH3 is 1. The molecule has 6 heteroatoms. The highest BCUT2D eigenvalue weighted by Gasteiger charge is 2.28. The van der Waals surface area contributed by atoms with Crippen LogP contribution in [0.1, 0.15) is 12.8 Å². The summed E-state index contributed by atoms with van der Waals surface area (Å²) in [5, 5.41) is 0. The summed E-state index contributed by atoms with van der Waals surface area (Å²) in [4.78, 5) is 10.7. The van der Waals surface area contributed by atoms with Gasteiger partial charge in [-0.3, -0.25) is 9.53 Å². The van der Waals surface area contributed by atoms with Crippen LogP contribution in [0.25, 0.3) is 0 Å². The van der Waals surface area contributed by atoms with Crippen LogP contribution < -0.4 is 0 Å². The molecule has 3 nitrogen and oxygen atoms in total. The van der Waals surface area contributed by atoms with Gasteiger partial charge in [-0.2, -0.15) is 0 Å². The number of hydrogen-bond acceptors (Lipinski definition) is 3. The van der Waals surface area contributed by atoms with Gasteiger partial charge in [0.2, 0.25) is 0 Å². The summed E-state index contributed by atoms with van der Waals surface area (Å²) in [6.45, 7) is -0.551. The number of carbonyl (C=O) groups excluding carboxylic acids is 1. The van der Waals surface area contributed by atoms with Crippen molar-refractivity contribution >= 4 is 5.78 Å². The molecule has 13 heavy (non-hydrogen) atoms. The highest BCUT2D eigenvalue weighted by molar-refractivity contribution is 5.79. The second-order valence-electron chi connectivity index (χ2n) is 2.37. The number of carbonyl (C=O) groups is 1. The van der Waals surface area contributed by atoms with Crippen LogP contribution in [0.3, 0.4) is 0 Å². The maximum Gasteiger partial charge on any atom is 0.522 e. The standard InChI is InChI=1S/C7H11F3O3/c1-12-5-6(11)3-2-4-13-7(8,9)10/h2-5H2,1H3. The zero-order valence-corrected chi connectivity index (χ0v) is 7.19. The second-order valence-corrected chi connectivity index (χ2v) is 2.37. The molecular weight excluding hydrogens is 189 g/mol. The van der Waals surface area contributed by atoms with Gasteiger partial charge in [0.05, 0.1) is 6.61 Å². The lowest BCUT2D eigenvalue weighted by Crippen LogP contribution is -2.15. The summed E-state index contributed by atoms with van der Waals surface area (Å²) >= 11 is 0. The van der Waals surface area contributed by atoms with E-state index in [4.69, 9.17) is 0 Å². The second kappa shape index (κ2) is 5.93. The van der Waals surface area contributed by atoms with E-state index >= 15 is 0 Å². The predicted molar refractivity (Wildman–Crippen MR) is 38.1 cm³/mol. The summed E-state index contributed by atoms with van der Waals surface area (Å²) in [7, 11) is 1.35. The molecule has 0 atom stereocenters. The average Bonchev–Trinajstić information content (AvgIpc) is 1.97. The van der Waals surface area contributed by atoms with Crippen molar-refractivity contribution in [1.29, 1.82) is 0 Å². The van der Waals surface area contributed by atoms with Crippen molar-refractivity contribution in [2.24, 2.45) is 0 Å². The Kier molecular flexibility index (Phi) is 5.65. The summed E-state index contributed by atoms with van der Waals surface area (Å²) in [6, 6.07) is 0. The van der Waals surface area contributed by atoms with Crippen molar-refractivity contribution in [3.63, 3.8) is 0 Å². The van der Waals surface area contributed by atoms with Gasteiger partial charge in [-0.1, -0.05) is 0 Å². The number of ether oxygens (including phenoxy) is 2. The van der Waals surface area contributed by atoms with Crippen LogP contribution in [-0.4, -0.2) is 32.5 Å². The fraction of sp³-hybridized carbons (Fsp3) is 0.857. The first-order chi connectivity index (χ1) is 5.95. The van der Waals surface area contributed by atoms with Crippen LogP contribution in [0, 0.1) is 0 Å². The van der Waals surface area contributed by atoms with Gasteiger partial charge >= 0.3 is 6.36 Å². The van der Waals surface area contributed by atoms with E-state index < -0.39 is 13.0 Å². The van der Waals surface area contributed by atoms with E-state index in [9.17, 15) is 18.0 Å². The van der Waals surface area contributed by atoms with Crippen molar-refractivity contribution in [2.75, 3.05) is 20.3 Å². The lowest BCUT2D eigenvalue weighted by Gasteiger charge is -2.06. The predicted octanol–water partition coefficient (Wildman–Crippen LogP) is 1.52. The normalized spacial score (nSPS) is 11.7. The van der Waals surface area contributed by atoms with Gasteiger partial charge in [0, 0.05) is 13.5 Å². The molecule has 0 aromatic heterocycles. The minimum Gasteiger partial charge on any atom is -0.377 e. The summed E-state index contributed by atoms with van der Waals surface area (Å²) in [5.41, 5.74) is 0. The highest BCUT2D eigenvalue weighted by Crippen LogP contribution is 2.16. The molecule has 78 valence electrons. The molecule has 0 aliphatic rings. The Morgan fingerprint density at radius 2 is 2.00 bits per heavy atom. The van der Waals surface area contributed by atoms with E-state index in [-0.39, 0.29) is 25.2 Å². The molecule has 0 saturated heterocycles. The smallest absolute Gasteiger partial charge is 0.377 e. The summed E-state index contributed by atoms with van der Waals surface area (Å²) in [6.07, 6.45) is -4.50. The minimum absolute atomic E-state index is 0.0456. The molecular formula is C7H11F3O3. The summed E-state index contributed by atoms with van der Waals surface area (Å²) in [5.74, 6) is -0.228. The van der Waals surface area contributed by atoms with Crippen molar-refractivity contribution in [1.82, 2.24) is 0 Å². The van der Waals surface area contributed by atoms with E-state index in [0.29, 0.717) is 0 Å². The molecule has 0 heterocycles. The van der Waals surface area contributed by atoms with Gasteiger partial charge in [-0.15, -0.1) is 13.2 Å². The molecule has 0 aliphatic carbocycles. The highest BCUT2D eigenvalue weighted by atomic mass is 19.4. The van der Waals surface area contributed by atoms with Gasteiger partial charge in [0.1, 0.15) is 6.61 Å². The van der Waals surface area contributed by atoms with Crippen LogP contribution in [0.5, 0.6) is 0 Å². The monoisotopic (exact) mass is 200 g/mol. The van der Waals surface area contributed by atoms with E-state index in [1.54, 1.807) is 0 Å². The molecule has 0 saturated carbocycles. The Balaban J connectivity index is 3.31. The maximum atomic E-state index is 11.4. The van der Waals surface area contributed by atoms with E-state index in [0.717, 1.165) is 0 Å². The third-order valence-corrected chi connectivity index (χ3v) is 1.17. The fourth-order valence-corrected chi connectivity index (χ4v) is 0.690. The molecule has 0 aromatic carbocycles. The molecule has 0 spiro atoms. The molecule has 0 aliphatic heterocycles. The number of ketones is 1. The Bertz CT molecular complexity index is 156. The van der Waals surface area contributed by atoms with Crippen LogP contribution in [0.2, 0.25) is 0 Å². The Labute approximate surface area is 73.8 Å². The number of rotatable bonds is 6. The Morgan fingerprint density at radius 3 is 2.46 bits per heavy atom. The molecule has 0 N–H and O–H groups in total. The van der Waals surface area contributed by atoms with Gasteiger partial charge in [-0.05, 0) is 6.42 Å². The molecule has 0 radical (unpaired) electrons. The van der Waals surface area contributed by atoms with Gasteiger partial charge in [-0.25, -0.2) is 0 Å². The van der Waals surface area contributed by atoms with Crippen LogP contribution in [-0.2, 0) is 14.3 Å². The lowest BCUT2D eigenvalue weighted by atomic mass is 10.2. The quantitative estimate of drug-likeness (QED) is 0.610. The van der Waals surface area contributed by atoms with Crippen molar-refractivity contribution < 1.29 is 27.4 Å². The molecule has 0 rings (SSSR count). The van der Waals surface area contributed by atoms with Crippen molar-refractivity contribution in [2.45, 2.75) is 19.2 Å². The first-order valence-corrected chi connectivity index (χ1v) is 3.67. The van der Waals surface area contributed by atoms with Crippen LogP contribution in [0.15, 0.2) is 0 Å². The first-order valence-electron chi connectivity index (χ1n) is 3.67. The van der Waals surface area contributed by atoms with E-state index in [1.165, 1.54) is 7.11 Å².